The first-order valence-electron chi connectivity index (χ1n) is 36.2. The van der Waals surface area contributed by atoms with Crippen LogP contribution >= 0.6 is 45.9 Å². The average Bonchev–Trinajstić information content (AvgIpc) is 1.61. The van der Waals surface area contributed by atoms with Gasteiger partial charge in [0.25, 0.3) is 23.6 Å². The second-order valence-corrected chi connectivity index (χ2v) is 29.9. The first-order chi connectivity index (χ1) is 53.4. The number of aromatic nitrogens is 6. The minimum Gasteiger partial charge on any atom is -0.490 e. The molecule has 8 amide bonds. The third-order valence-electron chi connectivity index (χ3n) is 19.2. The van der Waals surface area contributed by atoms with Crippen molar-refractivity contribution in [2.45, 2.75) is 130 Å². The molecule has 6 aliphatic heterocycles. The SMILES string of the molecule is CCCOCCOCCOc1cccc2c1C(=O)N(C1CCC(=O)NC1=O)C2=O.Cc1sc2c(c1C)C(c1ccc(Cl)cc1)=N[C@@H](CC(=O)CCCOCCOCCOc1cccc3c1C(=O)N(C1CCC(=O)NC1=O)C3=O)c1nnc(C)n1-2.Cc1sc2c(c1C)C(c1ccc(Cl)cc1)=N[C@@H](CC(=O)O)c1nnc(C)n1-2. The average molecular weight is 1590 g/mol. The van der Waals surface area contributed by atoms with Crippen LogP contribution in [0.25, 0.3) is 10.0 Å². The lowest BCUT2D eigenvalue weighted by Crippen LogP contribution is -2.54. The normalized spacial score (nSPS) is 17.5. The number of fused-ring (bicyclic) bond motifs is 8. The highest BCUT2D eigenvalue weighted by Crippen LogP contribution is 2.43. The molecule has 4 aromatic heterocycles. The Morgan fingerprint density at radius 3 is 1.32 bits per heavy atom. The Morgan fingerprint density at radius 1 is 0.505 bits per heavy atom. The van der Waals surface area contributed by atoms with Gasteiger partial charge in [0.15, 0.2) is 11.6 Å². The number of ketones is 1. The molecular formula is C78H80Cl2N12O17S2. The van der Waals surface area contributed by atoms with E-state index >= 15 is 0 Å². The molecule has 0 radical (unpaired) electrons. The number of amides is 8. The maximum Gasteiger partial charge on any atom is 0.306 e. The maximum atomic E-state index is 13.3. The van der Waals surface area contributed by atoms with Gasteiger partial charge in [-0.1, -0.05) is 66.5 Å². The summed E-state index contributed by atoms with van der Waals surface area (Å²) in [6.45, 7) is 17.5. The first kappa shape index (κ1) is 80.1. The van der Waals surface area contributed by atoms with Crippen LogP contribution < -0.4 is 20.1 Å². The van der Waals surface area contributed by atoms with Gasteiger partial charge >= 0.3 is 5.97 Å². The highest BCUT2D eigenvalue weighted by atomic mass is 35.5. The lowest BCUT2D eigenvalue weighted by atomic mass is 9.99. The molecule has 2 fully saturated rings. The molecular weight excluding hydrogens is 1510 g/mol. The van der Waals surface area contributed by atoms with Crippen molar-refractivity contribution >= 4 is 116 Å². The molecule has 10 heterocycles. The van der Waals surface area contributed by atoms with Crippen LogP contribution in [0.1, 0.15) is 185 Å². The van der Waals surface area contributed by atoms with E-state index in [9.17, 15) is 53.1 Å². The van der Waals surface area contributed by atoms with E-state index in [0.29, 0.717) is 74.2 Å². The van der Waals surface area contributed by atoms with Crippen molar-refractivity contribution < 1.29 is 81.5 Å². The number of rotatable bonds is 28. The number of ether oxygens (including phenoxy) is 6. The molecule has 580 valence electrons. The van der Waals surface area contributed by atoms with Crippen LogP contribution in [-0.2, 0) is 47.7 Å². The number of aliphatic imine (C=N–C) groups is 2. The summed E-state index contributed by atoms with van der Waals surface area (Å²) in [4.78, 5) is 138. The highest BCUT2D eigenvalue weighted by molar-refractivity contribution is 7.15. The molecule has 4 atom stereocenters. The number of nitrogens with zero attached hydrogens (tertiary/aromatic N) is 10. The van der Waals surface area contributed by atoms with E-state index in [-0.39, 0.29) is 104 Å². The number of carboxylic acid groups (broad SMARTS) is 1. The number of Topliss-reactive ketones (excluding diaryl/α,β-unsaturated/α-hetero) is 1. The van der Waals surface area contributed by atoms with E-state index in [2.05, 4.69) is 58.7 Å². The summed E-state index contributed by atoms with van der Waals surface area (Å²) < 4.78 is 37.5. The number of carboxylic acids is 1. The Morgan fingerprint density at radius 2 is 0.910 bits per heavy atom. The van der Waals surface area contributed by atoms with Gasteiger partial charge in [-0.05, 0) is 127 Å². The zero-order valence-corrected chi connectivity index (χ0v) is 65.0. The minimum absolute atomic E-state index is 0.0392. The second kappa shape index (κ2) is 35.8. The van der Waals surface area contributed by atoms with E-state index in [1.54, 1.807) is 46.9 Å². The predicted molar refractivity (Wildman–Crippen MR) is 408 cm³/mol. The Hall–Kier alpha value is -10.4. The maximum absolute atomic E-state index is 13.3. The molecule has 8 aromatic rings. The number of hydrogen-bond donors (Lipinski definition) is 3. The molecule has 14 rings (SSSR count). The molecule has 0 bridgehead atoms. The monoisotopic (exact) mass is 1590 g/mol. The Kier molecular flexibility index (Phi) is 25.8. The van der Waals surface area contributed by atoms with Crippen molar-refractivity contribution in [3.05, 3.63) is 184 Å². The summed E-state index contributed by atoms with van der Waals surface area (Å²) in [6.07, 6.45) is 2.11. The number of aryl methyl sites for hydroxylation is 4. The Balaban J connectivity index is 0.000000171. The molecule has 111 heavy (non-hydrogen) atoms. The van der Waals surface area contributed by atoms with Crippen molar-refractivity contribution in [3.63, 3.8) is 0 Å². The van der Waals surface area contributed by atoms with Gasteiger partial charge in [-0.15, -0.1) is 43.1 Å². The number of carbonyl (C=O) groups is 10. The van der Waals surface area contributed by atoms with Crippen LogP contribution in [0, 0.1) is 41.5 Å². The van der Waals surface area contributed by atoms with Gasteiger partial charge < -0.3 is 33.5 Å². The van der Waals surface area contributed by atoms with Gasteiger partial charge in [0.05, 0.1) is 79.7 Å². The number of carbonyl (C=O) groups excluding carboxylic acids is 9. The third-order valence-corrected chi connectivity index (χ3v) is 22.1. The molecule has 0 saturated carbocycles. The summed E-state index contributed by atoms with van der Waals surface area (Å²) >= 11 is 15.6. The van der Waals surface area contributed by atoms with Gasteiger partial charge in [-0.25, -0.2) is 0 Å². The van der Waals surface area contributed by atoms with Crippen molar-refractivity contribution in [1.29, 1.82) is 0 Å². The molecule has 4 aromatic carbocycles. The number of benzene rings is 4. The smallest absolute Gasteiger partial charge is 0.306 e. The van der Waals surface area contributed by atoms with Crippen LogP contribution in [-0.4, -0.2) is 193 Å². The summed E-state index contributed by atoms with van der Waals surface area (Å²) in [5.41, 5.74) is 8.19. The lowest BCUT2D eigenvalue weighted by molar-refractivity contribution is -0.138. The molecule has 6 aliphatic rings. The summed E-state index contributed by atoms with van der Waals surface area (Å²) in [6, 6.07) is 21.3. The summed E-state index contributed by atoms with van der Waals surface area (Å²) in [7, 11) is 0. The Labute approximate surface area is 655 Å². The number of hydrogen-bond acceptors (Lipinski definition) is 24. The molecule has 3 N–H and O–H groups in total. The fourth-order valence-corrected chi connectivity index (χ4v) is 16.2. The molecule has 29 nitrogen and oxygen atoms in total. The topological polar surface area (TPSA) is 363 Å². The largest absolute Gasteiger partial charge is 0.490 e. The van der Waals surface area contributed by atoms with Crippen molar-refractivity contribution in [2.75, 3.05) is 66.1 Å². The van der Waals surface area contributed by atoms with Crippen LogP contribution in [0.5, 0.6) is 11.5 Å². The van der Waals surface area contributed by atoms with Gasteiger partial charge in [-0.3, -0.25) is 87.5 Å². The number of thiophene rings is 2. The first-order valence-corrected chi connectivity index (χ1v) is 38.5. The fraction of sp³-hybridized carbons (Fsp3) is 0.385. The number of aliphatic carboxylic acids is 1. The van der Waals surface area contributed by atoms with E-state index < -0.39 is 77.4 Å². The second-order valence-electron chi connectivity index (χ2n) is 26.7. The standard InChI is InChI=1S/C39H39ClN6O8S.C20H24N2O7.C19H17ClN4O2S/c1-21-22(2)55-39-32(21)34(24-9-11-25(40)12-10-24)41-28(35-44-43-23(3)45(35)39)20-26(47)6-5-15-52-16-17-53-18-19-54-30-8-4-7-27-33(30)38(51)46(37(27)50)29-13-14-31(48)42-36(29)49;1-2-8-27-9-10-28-11-12-29-15-5-3-4-13-17(15)20(26)22(19(13)25)14-6-7-16(23)21-18(14)24;1-9-10(2)27-19-16(9)17(12-4-6-13(20)7-5-12)21-14(8-15(25)26)18-23-22-11(3)24(18)19/h4,7-12,28-29H,5-6,13-20H2,1-3H3,(H,42,48,49);3-5,14H,2,6-12H2,1H3,(H,21,23,24);4-7,14H,8H2,1-3H3,(H,25,26)/t28-,29?;;14-/m0.0/s1. The van der Waals surface area contributed by atoms with Gasteiger partial charge in [0.1, 0.15) is 76.3 Å². The number of imide groups is 4. The highest BCUT2D eigenvalue weighted by Gasteiger charge is 2.48. The predicted octanol–water partition coefficient (Wildman–Crippen LogP) is 10.2. The number of piperidine rings is 2. The fourth-order valence-electron chi connectivity index (χ4n) is 13.5. The van der Waals surface area contributed by atoms with E-state index in [4.69, 9.17) is 61.6 Å². The van der Waals surface area contributed by atoms with Crippen LogP contribution in [0.15, 0.2) is 94.9 Å². The quantitative estimate of drug-likeness (QED) is 0.0303. The molecule has 33 heteroatoms. The molecule has 0 spiro atoms. The van der Waals surface area contributed by atoms with Gasteiger partial charge in [-0.2, -0.15) is 0 Å². The van der Waals surface area contributed by atoms with Crippen molar-refractivity contribution in [1.82, 2.24) is 50.0 Å². The van der Waals surface area contributed by atoms with Crippen LogP contribution in [0.4, 0.5) is 0 Å². The van der Waals surface area contributed by atoms with E-state index in [0.717, 1.165) is 82.7 Å². The lowest BCUT2D eigenvalue weighted by Gasteiger charge is -2.27. The zero-order chi connectivity index (χ0) is 78.9. The third kappa shape index (κ3) is 17.5. The van der Waals surface area contributed by atoms with E-state index in [1.165, 1.54) is 21.9 Å². The number of nitrogens with one attached hydrogen (secondary N) is 2. The molecule has 2 saturated heterocycles. The van der Waals surface area contributed by atoms with Crippen molar-refractivity contribution in [3.8, 4) is 21.5 Å². The summed E-state index contributed by atoms with van der Waals surface area (Å²) in [5.74, 6) is -2.31. The van der Waals surface area contributed by atoms with Gasteiger partial charge in [0, 0.05) is 81.0 Å². The zero-order valence-electron chi connectivity index (χ0n) is 61.9. The molecule has 0 aliphatic carbocycles. The van der Waals surface area contributed by atoms with Crippen LogP contribution in [0.3, 0.4) is 0 Å². The van der Waals surface area contributed by atoms with E-state index in [1.807, 2.05) is 78.4 Å². The van der Waals surface area contributed by atoms with Gasteiger partial charge in [0.2, 0.25) is 23.6 Å². The van der Waals surface area contributed by atoms with Crippen LogP contribution in [0.2, 0.25) is 10.0 Å². The number of halogens is 2. The molecule has 2 unspecified atom stereocenters. The summed E-state index contributed by atoms with van der Waals surface area (Å²) in [5, 5.41) is 34.3. The van der Waals surface area contributed by atoms with Crippen molar-refractivity contribution in [2.24, 2.45) is 9.98 Å². The minimum atomic E-state index is -1.06. The Bertz CT molecular complexity index is 5030.